The molecular formula is C14H17N3O3. The van der Waals surface area contributed by atoms with Gasteiger partial charge in [-0.05, 0) is 13.0 Å². The number of carbonyl (C=O) groups is 1. The first-order chi connectivity index (χ1) is 9.45. The number of benzene rings is 1. The molecule has 0 bridgehead atoms. The first kappa shape index (κ1) is 14.0. The Bertz CT molecular complexity index is 571. The Morgan fingerprint density at radius 2 is 2.25 bits per heavy atom. The number of fused-ring (bicyclic) bond motifs is 1. The summed E-state index contributed by atoms with van der Waals surface area (Å²) in [7, 11) is 1.82. The van der Waals surface area contributed by atoms with E-state index in [0.717, 1.165) is 11.3 Å². The maximum Gasteiger partial charge on any atom is 0.269 e. The lowest BCUT2D eigenvalue weighted by Gasteiger charge is -2.26. The number of hydrogen-bond acceptors (Lipinski definition) is 4. The van der Waals surface area contributed by atoms with Gasteiger partial charge in [-0.2, -0.15) is 0 Å². The Labute approximate surface area is 117 Å². The van der Waals surface area contributed by atoms with Crippen LogP contribution in [-0.4, -0.2) is 35.4 Å². The Morgan fingerprint density at radius 3 is 2.85 bits per heavy atom. The van der Waals surface area contributed by atoms with Crippen molar-refractivity contribution in [2.45, 2.75) is 19.5 Å². The summed E-state index contributed by atoms with van der Waals surface area (Å²) in [5.74, 6) is -0.00810. The lowest BCUT2D eigenvalue weighted by atomic mass is 10.1. The van der Waals surface area contributed by atoms with E-state index in [1.54, 1.807) is 17.0 Å². The van der Waals surface area contributed by atoms with E-state index < -0.39 is 4.92 Å². The van der Waals surface area contributed by atoms with Crippen LogP contribution in [0.2, 0.25) is 0 Å². The minimum Gasteiger partial charge on any atom is -0.363 e. The molecule has 1 aromatic carbocycles. The summed E-state index contributed by atoms with van der Waals surface area (Å²) < 4.78 is 0. The Morgan fingerprint density at radius 1 is 1.55 bits per heavy atom. The maximum absolute atomic E-state index is 12.3. The molecule has 2 rings (SSSR count). The molecular weight excluding hydrogens is 258 g/mol. The number of anilines is 1. The van der Waals surface area contributed by atoms with Crippen LogP contribution >= 0.6 is 0 Å². The number of hydrogen-bond donors (Lipinski definition) is 0. The molecule has 0 saturated heterocycles. The Kier molecular flexibility index (Phi) is 3.74. The molecule has 1 heterocycles. The zero-order valence-corrected chi connectivity index (χ0v) is 11.6. The number of nitro benzene ring substituents is 1. The topological polar surface area (TPSA) is 66.7 Å². The van der Waals surface area contributed by atoms with Crippen molar-refractivity contribution < 1.29 is 9.72 Å². The van der Waals surface area contributed by atoms with Crippen LogP contribution < -0.4 is 4.90 Å². The number of nitro groups is 1. The summed E-state index contributed by atoms with van der Waals surface area (Å²) in [4.78, 5) is 26.3. The van der Waals surface area contributed by atoms with E-state index in [2.05, 4.69) is 6.58 Å². The smallest absolute Gasteiger partial charge is 0.269 e. The summed E-state index contributed by atoms with van der Waals surface area (Å²) in [6.07, 6.45) is 1.66. The molecule has 20 heavy (non-hydrogen) atoms. The SMILES string of the molecule is C=CCN1Cc2cc([N+](=O)[O-])ccc2N(C)[C@@H](C)C1=O. The lowest BCUT2D eigenvalue weighted by molar-refractivity contribution is -0.384. The van der Waals surface area contributed by atoms with Gasteiger partial charge in [0.15, 0.2) is 0 Å². The first-order valence-corrected chi connectivity index (χ1v) is 6.35. The predicted molar refractivity (Wildman–Crippen MR) is 76.6 cm³/mol. The van der Waals surface area contributed by atoms with E-state index in [1.807, 2.05) is 18.9 Å². The van der Waals surface area contributed by atoms with Crippen LogP contribution in [-0.2, 0) is 11.3 Å². The van der Waals surface area contributed by atoms with Gasteiger partial charge in [-0.25, -0.2) is 0 Å². The molecule has 0 aliphatic carbocycles. The van der Waals surface area contributed by atoms with Crippen molar-refractivity contribution in [2.75, 3.05) is 18.5 Å². The van der Waals surface area contributed by atoms with E-state index in [1.165, 1.54) is 12.1 Å². The molecule has 1 atom stereocenters. The third kappa shape index (κ3) is 2.36. The fourth-order valence-corrected chi connectivity index (χ4v) is 2.39. The second-order valence-corrected chi connectivity index (χ2v) is 4.86. The number of non-ortho nitro benzene ring substituents is 1. The predicted octanol–water partition coefficient (Wildman–Crippen LogP) is 1.95. The van der Waals surface area contributed by atoms with Crippen LogP contribution in [0.25, 0.3) is 0 Å². The largest absolute Gasteiger partial charge is 0.363 e. The minimum absolute atomic E-state index is 0.00810. The van der Waals surface area contributed by atoms with Crippen molar-refractivity contribution >= 4 is 17.3 Å². The van der Waals surface area contributed by atoms with Crippen molar-refractivity contribution in [1.82, 2.24) is 4.90 Å². The van der Waals surface area contributed by atoms with E-state index in [4.69, 9.17) is 0 Å². The molecule has 106 valence electrons. The number of nitrogens with zero attached hydrogens (tertiary/aromatic N) is 3. The van der Waals surface area contributed by atoms with Gasteiger partial charge >= 0.3 is 0 Å². The lowest BCUT2D eigenvalue weighted by Crippen LogP contribution is -2.43. The van der Waals surface area contributed by atoms with Crippen LogP contribution in [0.15, 0.2) is 30.9 Å². The molecule has 0 radical (unpaired) electrons. The molecule has 1 amide bonds. The van der Waals surface area contributed by atoms with Crippen LogP contribution in [0.1, 0.15) is 12.5 Å². The molecule has 6 heteroatoms. The van der Waals surface area contributed by atoms with Crippen LogP contribution in [0.3, 0.4) is 0 Å². The van der Waals surface area contributed by atoms with E-state index in [9.17, 15) is 14.9 Å². The summed E-state index contributed by atoms with van der Waals surface area (Å²) in [6.45, 7) is 6.27. The highest BCUT2D eigenvalue weighted by atomic mass is 16.6. The van der Waals surface area contributed by atoms with Crippen molar-refractivity contribution in [3.63, 3.8) is 0 Å². The maximum atomic E-state index is 12.3. The van der Waals surface area contributed by atoms with Gasteiger partial charge in [-0.15, -0.1) is 6.58 Å². The number of likely N-dealkylation sites (N-methyl/N-ethyl adjacent to an activating group) is 1. The van der Waals surface area contributed by atoms with Gasteiger partial charge in [-0.1, -0.05) is 6.08 Å². The van der Waals surface area contributed by atoms with Gasteiger partial charge in [0.2, 0.25) is 5.91 Å². The van der Waals surface area contributed by atoms with Crippen molar-refractivity contribution in [3.8, 4) is 0 Å². The average Bonchev–Trinajstić information content (AvgIpc) is 2.51. The quantitative estimate of drug-likeness (QED) is 0.480. The zero-order valence-electron chi connectivity index (χ0n) is 11.6. The second-order valence-electron chi connectivity index (χ2n) is 4.86. The normalized spacial score (nSPS) is 18.5. The van der Waals surface area contributed by atoms with Gasteiger partial charge in [0.1, 0.15) is 6.04 Å². The monoisotopic (exact) mass is 275 g/mol. The minimum atomic E-state index is -0.422. The molecule has 6 nitrogen and oxygen atoms in total. The van der Waals surface area contributed by atoms with Gasteiger partial charge in [0.25, 0.3) is 5.69 Å². The number of rotatable bonds is 3. The molecule has 0 N–H and O–H groups in total. The van der Waals surface area contributed by atoms with Crippen LogP contribution in [0.4, 0.5) is 11.4 Å². The summed E-state index contributed by atoms with van der Waals surface area (Å²) in [5.41, 5.74) is 1.67. The fraction of sp³-hybridized carbons (Fsp3) is 0.357. The van der Waals surface area contributed by atoms with E-state index in [0.29, 0.717) is 13.1 Å². The zero-order chi connectivity index (χ0) is 14.9. The van der Waals surface area contributed by atoms with Crippen molar-refractivity contribution in [2.24, 2.45) is 0 Å². The highest BCUT2D eigenvalue weighted by Gasteiger charge is 2.30. The van der Waals surface area contributed by atoms with Crippen LogP contribution in [0.5, 0.6) is 0 Å². The van der Waals surface area contributed by atoms with Gasteiger partial charge in [0, 0.05) is 43.5 Å². The number of amides is 1. The molecule has 1 aliphatic rings. The molecule has 0 fully saturated rings. The highest BCUT2D eigenvalue weighted by Crippen LogP contribution is 2.30. The molecule has 0 saturated carbocycles. The molecule has 0 unspecified atom stereocenters. The fourth-order valence-electron chi connectivity index (χ4n) is 2.39. The third-order valence-corrected chi connectivity index (χ3v) is 3.61. The van der Waals surface area contributed by atoms with Crippen molar-refractivity contribution in [3.05, 3.63) is 46.5 Å². The second kappa shape index (κ2) is 5.32. The van der Waals surface area contributed by atoms with Gasteiger partial charge in [-0.3, -0.25) is 14.9 Å². The standard InChI is InChI=1S/C14H17N3O3/c1-4-7-16-9-11-8-12(17(19)20)5-6-13(11)15(3)10(2)14(16)18/h4-6,8,10H,1,7,9H2,2-3H3/t10-/m0/s1. The van der Waals surface area contributed by atoms with E-state index in [-0.39, 0.29) is 17.6 Å². The highest BCUT2D eigenvalue weighted by molar-refractivity contribution is 5.87. The number of carbonyl (C=O) groups excluding carboxylic acids is 1. The summed E-state index contributed by atoms with van der Waals surface area (Å²) in [5, 5.41) is 10.9. The van der Waals surface area contributed by atoms with E-state index >= 15 is 0 Å². The third-order valence-electron chi connectivity index (χ3n) is 3.61. The summed E-state index contributed by atoms with van der Waals surface area (Å²) in [6, 6.07) is 4.40. The molecule has 0 spiro atoms. The molecule has 0 aromatic heterocycles. The molecule has 1 aliphatic heterocycles. The van der Waals surface area contributed by atoms with Crippen molar-refractivity contribution in [1.29, 1.82) is 0 Å². The Hall–Kier alpha value is -2.37. The first-order valence-electron chi connectivity index (χ1n) is 6.35. The van der Waals surface area contributed by atoms with Crippen LogP contribution in [0, 0.1) is 10.1 Å². The van der Waals surface area contributed by atoms with Gasteiger partial charge < -0.3 is 9.80 Å². The Balaban J connectivity index is 2.49. The van der Waals surface area contributed by atoms with Gasteiger partial charge in [0.05, 0.1) is 4.92 Å². The average molecular weight is 275 g/mol. The molecule has 1 aromatic rings. The summed E-state index contributed by atoms with van der Waals surface area (Å²) >= 11 is 0.